The molecule has 0 aromatic heterocycles. The first kappa shape index (κ1) is 45.4. The molecule has 2 aromatic carbocycles. The smallest absolute Gasteiger partial charge is 0.326 e. The average molecular weight is 772 g/mol. The van der Waals surface area contributed by atoms with Gasteiger partial charge in [0.1, 0.15) is 41.7 Å². The van der Waals surface area contributed by atoms with Crippen molar-refractivity contribution in [3.63, 3.8) is 0 Å². The zero-order valence-corrected chi connectivity index (χ0v) is 31.1. The second kappa shape index (κ2) is 22.5. The Hall–Kier alpha value is -5.75. The summed E-state index contributed by atoms with van der Waals surface area (Å²) in [5, 5.41) is 51.3. The molecule has 0 spiro atoms. The number of carbonyl (C=O) groups excluding carboxylic acids is 5. The highest BCUT2D eigenvalue weighted by molar-refractivity contribution is 5.96. The van der Waals surface area contributed by atoms with Gasteiger partial charge >= 0.3 is 11.9 Å². The maximum absolute atomic E-state index is 14.1. The van der Waals surface area contributed by atoms with Gasteiger partial charge in [-0.05, 0) is 80.5 Å². The molecule has 0 unspecified atom stereocenters. The number of carboxylic acid groups (broad SMARTS) is 2. The van der Waals surface area contributed by atoms with Crippen molar-refractivity contribution in [3.8, 4) is 11.5 Å². The van der Waals surface area contributed by atoms with E-state index in [1.54, 1.807) is 13.8 Å². The first-order chi connectivity index (χ1) is 25.9. The highest BCUT2D eigenvalue weighted by Gasteiger charge is 2.33. The molecular formula is C37H53N7O11. The van der Waals surface area contributed by atoms with Gasteiger partial charge in [-0.15, -0.1) is 0 Å². The van der Waals surface area contributed by atoms with Crippen LogP contribution < -0.4 is 38.1 Å². The summed E-state index contributed by atoms with van der Waals surface area (Å²) in [4.78, 5) is 90.8. The molecule has 18 nitrogen and oxygen atoms in total. The van der Waals surface area contributed by atoms with E-state index in [0.29, 0.717) is 30.5 Å². The first-order valence-corrected chi connectivity index (χ1v) is 17.9. The lowest BCUT2D eigenvalue weighted by molar-refractivity contribution is -0.143. The van der Waals surface area contributed by atoms with Gasteiger partial charge in [0.2, 0.25) is 29.5 Å². The van der Waals surface area contributed by atoms with Crippen molar-refractivity contribution in [2.75, 3.05) is 6.54 Å². The number of aromatic hydroxyl groups is 2. The van der Waals surface area contributed by atoms with Crippen LogP contribution in [0.2, 0.25) is 0 Å². The van der Waals surface area contributed by atoms with Crippen molar-refractivity contribution < 1.29 is 54.0 Å². The number of nitrogens with two attached hydrogens (primary N) is 2. The van der Waals surface area contributed by atoms with E-state index in [0.717, 1.165) is 0 Å². The minimum Gasteiger partial charge on any atom is -0.508 e. The third-order valence-electron chi connectivity index (χ3n) is 8.52. The van der Waals surface area contributed by atoms with Crippen LogP contribution in [0.4, 0.5) is 0 Å². The summed E-state index contributed by atoms with van der Waals surface area (Å²) in [6.07, 6.45) is -0.252. The van der Waals surface area contributed by atoms with Crippen LogP contribution in [0.3, 0.4) is 0 Å². The van der Waals surface area contributed by atoms with Gasteiger partial charge in [-0.3, -0.25) is 28.8 Å². The molecule has 302 valence electrons. The quantitative estimate of drug-likeness (QED) is 0.0629. The minimum atomic E-state index is -1.51. The number of benzene rings is 2. The van der Waals surface area contributed by atoms with Crippen LogP contribution in [-0.2, 0) is 46.4 Å². The standard InChI is InChI=1S/C37H53N7O11/c1-20(2)31(37(54)55)44-36(53)29(19-23-9-13-25(46)14-10-23)43-35(52)28(18-22-7-11-24(45)12-8-22)42-34(51)27(15-16-30(47)48)41-33(50)26(6-4-5-17-38)40-32(49)21(3)39/h7-14,20-21,26-29,31,45-46H,4-6,15-19,38-39H2,1-3H3,(H,40,49)(H,41,50)(H,42,51)(H,43,52)(H,44,53)(H,47,48)(H,54,55)/t21-,26-,27-,28-,29-,31-/m0/s1. The number of unbranched alkanes of at least 4 members (excludes halogenated alkanes) is 1. The Morgan fingerprint density at radius 1 is 0.582 bits per heavy atom. The fourth-order valence-electron chi connectivity index (χ4n) is 5.34. The van der Waals surface area contributed by atoms with E-state index < -0.39 is 96.5 Å². The van der Waals surface area contributed by atoms with Gasteiger partial charge in [0.25, 0.3) is 0 Å². The third kappa shape index (κ3) is 16.0. The van der Waals surface area contributed by atoms with Gasteiger partial charge in [0.15, 0.2) is 0 Å². The van der Waals surface area contributed by atoms with Crippen LogP contribution in [0.25, 0.3) is 0 Å². The molecule has 18 heteroatoms. The number of phenols is 2. The van der Waals surface area contributed by atoms with Crippen molar-refractivity contribution in [2.45, 2.75) is 102 Å². The number of hydrogen-bond donors (Lipinski definition) is 11. The lowest BCUT2D eigenvalue weighted by Crippen LogP contribution is -2.60. The summed E-state index contributed by atoms with van der Waals surface area (Å²) < 4.78 is 0. The molecule has 2 rings (SSSR count). The molecule has 0 bridgehead atoms. The molecule has 0 aliphatic heterocycles. The molecule has 6 atom stereocenters. The van der Waals surface area contributed by atoms with Crippen molar-refractivity contribution >= 4 is 41.5 Å². The van der Waals surface area contributed by atoms with E-state index in [9.17, 15) is 54.0 Å². The topological polar surface area (TPSA) is 313 Å². The molecule has 0 aliphatic carbocycles. The van der Waals surface area contributed by atoms with E-state index in [4.69, 9.17) is 11.5 Å². The number of hydrogen-bond acceptors (Lipinski definition) is 11. The van der Waals surface area contributed by atoms with Crippen LogP contribution in [0.1, 0.15) is 64.0 Å². The molecular weight excluding hydrogens is 718 g/mol. The van der Waals surface area contributed by atoms with Gasteiger partial charge in [0, 0.05) is 19.3 Å². The fourth-order valence-corrected chi connectivity index (χ4v) is 5.34. The van der Waals surface area contributed by atoms with Crippen LogP contribution in [0.15, 0.2) is 48.5 Å². The second-order valence-corrected chi connectivity index (χ2v) is 13.6. The summed E-state index contributed by atoms with van der Waals surface area (Å²) >= 11 is 0. The largest absolute Gasteiger partial charge is 0.508 e. The molecule has 0 saturated heterocycles. The predicted octanol–water partition coefficient (Wildman–Crippen LogP) is -0.611. The van der Waals surface area contributed by atoms with Crippen LogP contribution in [0.5, 0.6) is 11.5 Å². The average Bonchev–Trinajstić information content (AvgIpc) is 3.12. The van der Waals surface area contributed by atoms with Gasteiger partial charge in [-0.25, -0.2) is 4.79 Å². The number of nitrogens with one attached hydrogen (secondary N) is 5. The van der Waals surface area contributed by atoms with Gasteiger partial charge < -0.3 is 58.5 Å². The Balaban J connectivity index is 2.48. The molecule has 55 heavy (non-hydrogen) atoms. The van der Waals surface area contributed by atoms with E-state index in [-0.39, 0.29) is 30.8 Å². The highest BCUT2D eigenvalue weighted by atomic mass is 16.4. The molecule has 0 saturated carbocycles. The van der Waals surface area contributed by atoms with Crippen LogP contribution in [0, 0.1) is 5.92 Å². The minimum absolute atomic E-state index is 0.0565. The first-order valence-electron chi connectivity index (χ1n) is 17.9. The molecule has 13 N–H and O–H groups in total. The molecule has 2 aromatic rings. The van der Waals surface area contributed by atoms with Crippen LogP contribution >= 0.6 is 0 Å². The Labute approximate surface area is 318 Å². The van der Waals surface area contributed by atoms with Crippen molar-refractivity contribution in [1.82, 2.24) is 26.6 Å². The summed E-state index contributed by atoms with van der Waals surface area (Å²) in [5.74, 6) is -7.40. The van der Waals surface area contributed by atoms with Gasteiger partial charge in [-0.2, -0.15) is 0 Å². The normalized spacial score (nSPS) is 14.3. The summed E-state index contributed by atoms with van der Waals surface area (Å²) in [6, 6.07) is 3.62. The van der Waals surface area contributed by atoms with E-state index in [1.807, 2.05) is 0 Å². The number of phenolic OH excluding ortho intramolecular Hbond substituents is 2. The summed E-state index contributed by atoms with van der Waals surface area (Å²) in [5.41, 5.74) is 12.2. The maximum atomic E-state index is 14.1. The van der Waals surface area contributed by atoms with E-state index >= 15 is 0 Å². The zero-order chi connectivity index (χ0) is 41.2. The van der Waals surface area contributed by atoms with Gasteiger partial charge in [0.05, 0.1) is 6.04 Å². The third-order valence-corrected chi connectivity index (χ3v) is 8.52. The lowest BCUT2D eigenvalue weighted by atomic mass is 10.00. The van der Waals surface area contributed by atoms with E-state index in [1.165, 1.54) is 55.5 Å². The fraction of sp³-hybridized carbons (Fsp3) is 0.486. The lowest BCUT2D eigenvalue weighted by Gasteiger charge is -2.27. The molecule has 0 radical (unpaired) electrons. The molecule has 0 fully saturated rings. The summed E-state index contributed by atoms with van der Waals surface area (Å²) in [7, 11) is 0. The Morgan fingerprint density at radius 2 is 0.982 bits per heavy atom. The Bertz CT molecular complexity index is 1620. The number of rotatable bonds is 23. The Morgan fingerprint density at radius 3 is 1.38 bits per heavy atom. The number of carbonyl (C=O) groups is 7. The van der Waals surface area contributed by atoms with Crippen LogP contribution in [-0.4, -0.2) is 105 Å². The van der Waals surface area contributed by atoms with E-state index in [2.05, 4.69) is 26.6 Å². The van der Waals surface area contributed by atoms with Crippen molar-refractivity contribution in [2.24, 2.45) is 17.4 Å². The Kier molecular flexibility index (Phi) is 18.5. The number of amides is 5. The predicted molar refractivity (Wildman–Crippen MR) is 199 cm³/mol. The monoisotopic (exact) mass is 771 g/mol. The summed E-state index contributed by atoms with van der Waals surface area (Å²) in [6.45, 7) is 4.91. The molecule has 5 amide bonds. The highest BCUT2D eigenvalue weighted by Crippen LogP contribution is 2.15. The van der Waals surface area contributed by atoms with Gasteiger partial charge in [-0.1, -0.05) is 38.1 Å². The SMILES string of the molecule is CC(C)[C@H](NC(=O)[C@H](Cc1ccc(O)cc1)NC(=O)[C@H](Cc1ccc(O)cc1)NC(=O)[C@H](CCC(=O)O)NC(=O)[C@H](CCCCN)NC(=O)[C@H](C)N)C(=O)O. The molecule has 0 heterocycles. The van der Waals surface area contributed by atoms with Crippen molar-refractivity contribution in [3.05, 3.63) is 59.7 Å². The number of aliphatic carboxylic acids is 2. The second-order valence-electron chi connectivity index (χ2n) is 13.6. The zero-order valence-electron chi connectivity index (χ0n) is 31.1. The molecule has 0 aliphatic rings. The number of carboxylic acids is 2. The van der Waals surface area contributed by atoms with Crippen molar-refractivity contribution in [1.29, 1.82) is 0 Å². The maximum Gasteiger partial charge on any atom is 0.326 e.